The number of aromatic nitrogens is 2. The molecule has 0 N–H and O–H groups in total. The van der Waals surface area contributed by atoms with Crippen molar-refractivity contribution in [1.82, 2.24) is 18.4 Å². The predicted octanol–water partition coefficient (Wildman–Crippen LogP) is 1.25. The Morgan fingerprint density at radius 2 is 1.42 bits per heavy atom. The maximum Gasteiger partial charge on any atom is 0.246 e. The summed E-state index contributed by atoms with van der Waals surface area (Å²) in [6, 6.07) is 5.92. The molecule has 0 unspecified atom stereocenters. The lowest BCUT2D eigenvalue weighted by Crippen LogP contribution is -2.50. The lowest BCUT2D eigenvalue weighted by Gasteiger charge is -2.33. The van der Waals surface area contributed by atoms with Gasteiger partial charge in [-0.15, -0.1) is 0 Å². The van der Waals surface area contributed by atoms with Crippen molar-refractivity contribution < 1.29 is 16.8 Å². The molecule has 142 valence electrons. The van der Waals surface area contributed by atoms with Gasteiger partial charge in [0.25, 0.3) is 0 Å². The Morgan fingerprint density at radius 1 is 0.923 bits per heavy atom. The third-order valence-electron chi connectivity index (χ3n) is 4.22. The highest BCUT2D eigenvalue weighted by atomic mass is 35.5. The molecule has 26 heavy (non-hydrogen) atoms. The van der Waals surface area contributed by atoms with Crippen LogP contribution in [0.1, 0.15) is 6.92 Å². The van der Waals surface area contributed by atoms with Gasteiger partial charge in [-0.25, -0.2) is 16.8 Å². The predicted molar refractivity (Wildman–Crippen MR) is 96.9 cm³/mol. The van der Waals surface area contributed by atoms with Gasteiger partial charge in [-0.05, 0) is 31.2 Å². The Bertz CT molecular complexity index is 979. The van der Waals surface area contributed by atoms with Gasteiger partial charge >= 0.3 is 0 Å². The maximum absolute atomic E-state index is 12.7. The summed E-state index contributed by atoms with van der Waals surface area (Å²) in [4.78, 5) is 0.260. The van der Waals surface area contributed by atoms with Crippen molar-refractivity contribution in [2.24, 2.45) is 0 Å². The molecule has 2 aromatic rings. The molecule has 11 heteroatoms. The molecule has 3 rings (SSSR count). The number of hydrogen-bond acceptors (Lipinski definition) is 5. The van der Waals surface area contributed by atoms with Crippen LogP contribution in [0.2, 0.25) is 5.02 Å². The fourth-order valence-electron chi connectivity index (χ4n) is 2.71. The summed E-state index contributed by atoms with van der Waals surface area (Å²) in [5.74, 6) is 0. The van der Waals surface area contributed by atoms with Crippen LogP contribution >= 0.6 is 11.6 Å². The minimum Gasteiger partial charge on any atom is -0.272 e. The van der Waals surface area contributed by atoms with Crippen LogP contribution in [0.5, 0.6) is 0 Å². The molecule has 0 spiro atoms. The normalized spacial score (nSPS) is 17.5. The first-order valence-electron chi connectivity index (χ1n) is 8.03. The van der Waals surface area contributed by atoms with Gasteiger partial charge < -0.3 is 0 Å². The van der Waals surface area contributed by atoms with E-state index in [0.717, 1.165) is 0 Å². The van der Waals surface area contributed by atoms with Crippen molar-refractivity contribution in [3.8, 4) is 0 Å². The van der Waals surface area contributed by atoms with E-state index in [1.165, 1.54) is 50.0 Å². The molecule has 1 aromatic carbocycles. The Labute approximate surface area is 158 Å². The SMILES string of the molecule is CCn1cc(S(=O)(=O)N2CCN(S(=O)(=O)c3ccc(Cl)cc3)CC2)cn1. The number of hydrogen-bond donors (Lipinski definition) is 0. The van der Waals surface area contributed by atoms with Crippen LogP contribution in [0.15, 0.2) is 46.5 Å². The molecule has 0 radical (unpaired) electrons. The van der Waals surface area contributed by atoms with E-state index in [9.17, 15) is 16.8 Å². The highest BCUT2D eigenvalue weighted by Gasteiger charge is 2.34. The van der Waals surface area contributed by atoms with E-state index in [-0.39, 0.29) is 36.0 Å². The Morgan fingerprint density at radius 3 is 1.88 bits per heavy atom. The molecule has 0 amide bonds. The molecule has 2 heterocycles. The second-order valence-corrected chi connectivity index (χ2v) is 10.1. The second kappa shape index (κ2) is 7.28. The topological polar surface area (TPSA) is 92.6 Å². The molecule has 1 saturated heterocycles. The molecular formula is C15H19ClN4O4S2. The van der Waals surface area contributed by atoms with Crippen LogP contribution in [-0.2, 0) is 26.6 Å². The molecule has 0 atom stereocenters. The van der Waals surface area contributed by atoms with Gasteiger partial charge in [-0.2, -0.15) is 13.7 Å². The second-order valence-electron chi connectivity index (χ2n) is 5.79. The first-order valence-corrected chi connectivity index (χ1v) is 11.3. The summed E-state index contributed by atoms with van der Waals surface area (Å²) in [5.41, 5.74) is 0. The fraction of sp³-hybridized carbons (Fsp3) is 0.400. The zero-order chi connectivity index (χ0) is 18.9. The summed E-state index contributed by atoms with van der Waals surface area (Å²) in [6.07, 6.45) is 2.79. The number of halogens is 1. The van der Waals surface area contributed by atoms with Crippen molar-refractivity contribution in [3.63, 3.8) is 0 Å². The Kier molecular flexibility index (Phi) is 5.40. The van der Waals surface area contributed by atoms with E-state index in [2.05, 4.69) is 5.10 Å². The highest BCUT2D eigenvalue weighted by molar-refractivity contribution is 7.89. The number of nitrogens with zero attached hydrogens (tertiary/aromatic N) is 4. The van der Waals surface area contributed by atoms with Crippen LogP contribution in [0.3, 0.4) is 0 Å². The summed E-state index contributed by atoms with van der Waals surface area (Å²) < 4.78 is 54.8. The number of sulfonamides is 2. The molecule has 1 aliphatic heterocycles. The molecule has 1 aliphatic rings. The summed E-state index contributed by atoms with van der Waals surface area (Å²) in [6.45, 7) is 2.80. The molecule has 0 aliphatic carbocycles. The third-order valence-corrected chi connectivity index (χ3v) is 8.24. The minimum absolute atomic E-state index is 0.0894. The first kappa shape index (κ1) is 19.3. The van der Waals surface area contributed by atoms with E-state index in [1.54, 1.807) is 0 Å². The monoisotopic (exact) mass is 418 g/mol. The summed E-state index contributed by atoms with van der Waals surface area (Å²) in [5, 5.41) is 4.44. The zero-order valence-corrected chi connectivity index (χ0v) is 16.5. The number of piperazine rings is 1. The lowest BCUT2D eigenvalue weighted by atomic mass is 10.4. The molecule has 1 aromatic heterocycles. The number of aryl methyl sites for hydroxylation is 1. The first-order chi connectivity index (χ1) is 12.2. The van der Waals surface area contributed by atoms with Gasteiger partial charge in [-0.3, -0.25) is 4.68 Å². The van der Waals surface area contributed by atoms with E-state index in [4.69, 9.17) is 11.6 Å². The average Bonchev–Trinajstić information content (AvgIpc) is 3.12. The van der Waals surface area contributed by atoms with Gasteiger partial charge in [0.05, 0.1) is 11.1 Å². The molecule has 8 nitrogen and oxygen atoms in total. The average molecular weight is 419 g/mol. The van der Waals surface area contributed by atoms with Crippen molar-refractivity contribution >= 4 is 31.6 Å². The van der Waals surface area contributed by atoms with Crippen LogP contribution < -0.4 is 0 Å². The number of benzene rings is 1. The van der Waals surface area contributed by atoms with Gasteiger partial charge in [0, 0.05) is 43.9 Å². The lowest BCUT2D eigenvalue weighted by molar-refractivity contribution is 0.273. The van der Waals surface area contributed by atoms with Crippen LogP contribution in [0.4, 0.5) is 0 Å². The highest BCUT2D eigenvalue weighted by Crippen LogP contribution is 2.22. The Hall–Kier alpha value is -1.46. The summed E-state index contributed by atoms with van der Waals surface area (Å²) in [7, 11) is -7.35. The largest absolute Gasteiger partial charge is 0.272 e. The Balaban J connectivity index is 1.73. The van der Waals surface area contributed by atoms with Crippen LogP contribution in [0, 0.1) is 0 Å². The van der Waals surface area contributed by atoms with E-state index >= 15 is 0 Å². The molecular weight excluding hydrogens is 400 g/mol. The van der Waals surface area contributed by atoms with Gasteiger partial charge in [0.1, 0.15) is 4.90 Å². The fourth-order valence-corrected chi connectivity index (χ4v) is 5.63. The van der Waals surface area contributed by atoms with E-state index in [0.29, 0.717) is 11.6 Å². The molecule has 0 bridgehead atoms. The zero-order valence-electron chi connectivity index (χ0n) is 14.1. The van der Waals surface area contributed by atoms with Crippen molar-refractivity contribution in [2.45, 2.75) is 23.3 Å². The van der Waals surface area contributed by atoms with E-state index < -0.39 is 20.0 Å². The van der Waals surface area contributed by atoms with Crippen LogP contribution in [0.25, 0.3) is 0 Å². The van der Waals surface area contributed by atoms with Crippen molar-refractivity contribution in [1.29, 1.82) is 0 Å². The number of rotatable bonds is 5. The van der Waals surface area contributed by atoms with Crippen molar-refractivity contribution in [3.05, 3.63) is 41.7 Å². The standard InChI is InChI=1S/C15H19ClN4O4S2/c1-2-18-12-15(11-17-18)26(23,24)20-9-7-19(8-10-20)25(21,22)14-5-3-13(16)4-6-14/h3-6,11-12H,2,7-10H2,1H3. The minimum atomic E-state index is -3.68. The quantitative estimate of drug-likeness (QED) is 0.728. The summed E-state index contributed by atoms with van der Waals surface area (Å²) >= 11 is 5.80. The maximum atomic E-state index is 12.7. The third kappa shape index (κ3) is 3.65. The molecule has 1 fully saturated rings. The van der Waals surface area contributed by atoms with Gasteiger partial charge in [-0.1, -0.05) is 11.6 Å². The van der Waals surface area contributed by atoms with Crippen molar-refractivity contribution in [2.75, 3.05) is 26.2 Å². The molecule has 0 saturated carbocycles. The van der Waals surface area contributed by atoms with Gasteiger partial charge in [0.15, 0.2) is 0 Å². The smallest absolute Gasteiger partial charge is 0.246 e. The van der Waals surface area contributed by atoms with E-state index in [1.807, 2.05) is 6.92 Å². The van der Waals surface area contributed by atoms with Crippen LogP contribution in [-0.4, -0.2) is 61.4 Å². The van der Waals surface area contributed by atoms with Gasteiger partial charge in [0.2, 0.25) is 20.0 Å².